The molecule has 4 nitrogen and oxygen atoms in total. The Hall–Kier alpha value is -1.10. The summed E-state index contributed by atoms with van der Waals surface area (Å²) in [4.78, 5) is 13.4. The summed E-state index contributed by atoms with van der Waals surface area (Å²) in [5.41, 5.74) is 1.35. The fraction of sp³-hybridized carbons (Fsp3) is 0.417. The van der Waals surface area contributed by atoms with Gasteiger partial charge in [0.25, 0.3) is 0 Å². The number of aliphatic hydroxyl groups is 1. The first kappa shape index (κ1) is 12.4. The minimum Gasteiger partial charge on any atom is -0.388 e. The number of aliphatic hydroxyl groups excluding tert-OH is 1. The molecule has 1 aromatic rings. The average Bonchev–Trinajstić information content (AvgIpc) is 2.38. The Balaban J connectivity index is 2.21. The highest BCUT2D eigenvalue weighted by Crippen LogP contribution is 2.27. The third kappa shape index (κ3) is 2.77. The van der Waals surface area contributed by atoms with E-state index >= 15 is 0 Å². The second-order valence-corrected chi connectivity index (χ2v) is 4.25. The van der Waals surface area contributed by atoms with Crippen LogP contribution in [0.4, 0.5) is 5.69 Å². The number of benzene rings is 1. The van der Waals surface area contributed by atoms with Crippen LogP contribution in [0.3, 0.4) is 0 Å². The zero-order chi connectivity index (χ0) is 12.3. The number of anilines is 1. The number of ether oxygens (including phenoxy) is 1. The number of hydrogen-bond acceptors (Lipinski definition) is 4. The maximum Gasteiger partial charge on any atom is 0.188 e. The second kappa shape index (κ2) is 5.49. The number of Topliss-reactive ketones (excluding diaryl/α,β-unsaturated/α-hetero) is 1. The number of nitrogens with zero attached hydrogens (tertiary/aromatic N) is 1. The number of carbonyl (C=O) groups excluding carboxylic acids is 1. The van der Waals surface area contributed by atoms with Gasteiger partial charge in [0.15, 0.2) is 5.78 Å². The molecule has 0 amide bonds. The van der Waals surface area contributed by atoms with Crippen LogP contribution in [0.25, 0.3) is 0 Å². The molecule has 1 aromatic carbocycles. The lowest BCUT2D eigenvalue weighted by Crippen LogP contribution is -2.36. The first-order chi connectivity index (χ1) is 8.22. The molecule has 0 spiro atoms. The standard InChI is InChI=1S/C12H14ClNO3/c13-10-7-9(12(16)8-15)1-2-11(10)14-3-5-17-6-4-14/h1-2,7,15H,3-6,8H2. The van der Waals surface area contributed by atoms with Crippen molar-refractivity contribution >= 4 is 23.1 Å². The van der Waals surface area contributed by atoms with Gasteiger partial charge in [-0.15, -0.1) is 0 Å². The smallest absolute Gasteiger partial charge is 0.188 e. The highest BCUT2D eigenvalue weighted by atomic mass is 35.5. The second-order valence-electron chi connectivity index (χ2n) is 3.85. The average molecular weight is 256 g/mol. The van der Waals surface area contributed by atoms with Gasteiger partial charge < -0.3 is 14.7 Å². The largest absolute Gasteiger partial charge is 0.388 e. The highest BCUT2D eigenvalue weighted by molar-refractivity contribution is 6.33. The third-order valence-corrected chi connectivity index (χ3v) is 3.07. The number of morpholine rings is 1. The first-order valence-electron chi connectivity index (χ1n) is 5.48. The predicted molar refractivity (Wildman–Crippen MR) is 65.9 cm³/mol. The number of carbonyl (C=O) groups is 1. The topological polar surface area (TPSA) is 49.8 Å². The molecule has 92 valence electrons. The quantitative estimate of drug-likeness (QED) is 0.829. The molecule has 1 N–H and O–H groups in total. The van der Waals surface area contributed by atoms with E-state index in [1.54, 1.807) is 12.1 Å². The molecule has 1 heterocycles. The van der Waals surface area contributed by atoms with E-state index in [0.29, 0.717) is 23.8 Å². The Morgan fingerprint density at radius 3 is 2.71 bits per heavy atom. The normalized spacial score (nSPS) is 16.0. The van der Waals surface area contributed by atoms with Crippen molar-refractivity contribution in [3.63, 3.8) is 0 Å². The molecule has 1 aliphatic heterocycles. The minimum absolute atomic E-state index is 0.319. The Bertz CT molecular complexity index is 416. The highest BCUT2D eigenvalue weighted by Gasteiger charge is 2.15. The molecular weight excluding hydrogens is 242 g/mol. The van der Waals surface area contributed by atoms with Crippen LogP contribution < -0.4 is 4.90 Å². The Labute approximate surface area is 105 Å². The molecule has 0 atom stereocenters. The van der Waals surface area contributed by atoms with E-state index in [1.807, 2.05) is 6.07 Å². The predicted octanol–water partition coefficient (Wildman–Crippen LogP) is 1.35. The van der Waals surface area contributed by atoms with Crippen LogP contribution in [0.15, 0.2) is 18.2 Å². The van der Waals surface area contributed by atoms with Crippen molar-refractivity contribution in [2.75, 3.05) is 37.8 Å². The Kier molecular flexibility index (Phi) is 3.99. The molecule has 0 aliphatic carbocycles. The molecule has 0 aromatic heterocycles. The van der Waals surface area contributed by atoms with E-state index in [4.69, 9.17) is 21.4 Å². The van der Waals surface area contributed by atoms with Crippen LogP contribution in [0.1, 0.15) is 10.4 Å². The monoisotopic (exact) mass is 255 g/mol. The van der Waals surface area contributed by atoms with Gasteiger partial charge in [0, 0.05) is 18.7 Å². The van der Waals surface area contributed by atoms with Gasteiger partial charge in [0.05, 0.1) is 23.9 Å². The van der Waals surface area contributed by atoms with Gasteiger partial charge in [0.2, 0.25) is 0 Å². The summed E-state index contributed by atoms with van der Waals surface area (Å²) >= 11 is 6.15. The van der Waals surface area contributed by atoms with Crippen LogP contribution in [-0.2, 0) is 4.74 Å². The number of rotatable bonds is 3. The van der Waals surface area contributed by atoms with E-state index in [9.17, 15) is 4.79 Å². The van der Waals surface area contributed by atoms with Crippen LogP contribution in [0, 0.1) is 0 Å². The van der Waals surface area contributed by atoms with Gasteiger partial charge >= 0.3 is 0 Å². The first-order valence-corrected chi connectivity index (χ1v) is 5.86. The van der Waals surface area contributed by atoms with E-state index in [1.165, 1.54) is 0 Å². The fourth-order valence-electron chi connectivity index (χ4n) is 1.83. The summed E-state index contributed by atoms with van der Waals surface area (Å²) in [5, 5.41) is 9.31. The lowest BCUT2D eigenvalue weighted by atomic mass is 10.1. The molecule has 5 heteroatoms. The summed E-state index contributed by atoms with van der Waals surface area (Å²) in [6.07, 6.45) is 0. The van der Waals surface area contributed by atoms with Gasteiger partial charge in [-0.3, -0.25) is 4.79 Å². The van der Waals surface area contributed by atoms with Gasteiger partial charge in [-0.25, -0.2) is 0 Å². The van der Waals surface area contributed by atoms with Crippen LogP contribution in [0.2, 0.25) is 5.02 Å². The Morgan fingerprint density at radius 2 is 2.12 bits per heavy atom. The summed E-state index contributed by atoms with van der Waals surface area (Å²) in [7, 11) is 0. The lowest BCUT2D eigenvalue weighted by molar-refractivity contribution is 0.0903. The molecule has 1 fully saturated rings. The third-order valence-electron chi connectivity index (χ3n) is 2.77. The minimum atomic E-state index is -0.493. The molecule has 0 unspecified atom stereocenters. The number of halogens is 1. The zero-order valence-corrected chi connectivity index (χ0v) is 10.1. The van der Waals surface area contributed by atoms with E-state index < -0.39 is 6.61 Å². The zero-order valence-electron chi connectivity index (χ0n) is 9.36. The van der Waals surface area contributed by atoms with Crippen molar-refractivity contribution in [1.29, 1.82) is 0 Å². The van der Waals surface area contributed by atoms with Crippen molar-refractivity contribution in [2.45, 2.75) is 0 Å². The fourth-order valence-corrected chi connectivity index (χ4v) is 2.13. The van der Waals surface area contributed by atoms with Crippen molar-refractivity contribution in [3.05, 3.63) is 28.8 Å². The van der Waals surface area contributed by atoms with Crippen LogP contribution in [0.5, 0.6) is 0 Å². The molecule has 1 aliphatic rings. The van der Waals surface area contributed by atoms with Crippen LogP contribution in [-0.4, -0.2) is 43.8 Å². The van der Waals surface area contributed by atoms with Crippen LogP contribution >= 0.6 is 11.6 Å². The summed E-state index contributed by atoms with van der Waals surface area (Å²) < 4.78 is 5.27. The van der Waals surface area contributed by atoms with Crippen molar-refractivity contribution in [1.82, 2.24) is 0 Å². The van der Waals surface area contributed by atoms with Gasteiger partial charge in [-0.2, -0.15) is 0 Å². The van der Waals surface area contributed by atoms with Gasteiger partial charge in [-0.1, -0.05) is 11.6 Å². The number of ketones is 1. The molecule has 17 heavy (non-hydrogen) atoms. The maximum absolute atomic E-state index is 11.3. The Morgan fingerprint density at radius 1 is 1.41 bits per heavy atom. The summed E-state index contributed by atoms with van der Waals surface area (Å²) in [6.45, 7) is 2.48. The maximum atomic E-state index is 11.3. The molecule has 0 saturated carbocycles. The van der Waals surface area contributed by atoms with Crippen molar-refractivity contribution in [3.8, 4) is 0 Å². The molecular formula is C12H14ClNO3. The summed E-state index contributed by atoms with van der Waals surface area (Å²) in [5.74, 6) is -0.319. The SMILES string of the molecule is O=C(CO)c1ccc(N2CCOCC2)c(Cl)c1. The summed E-state index contributed by atoms with van der Waals surface area (Å²) in [6, 6.07) is 5.11. The van der Waals surface area contributed by atoms with E-state index in [0.717, 1.165) is 18.8 Å². The molecule has 2 rings (SSSR count). The molecule has 0 radical (unpaired) electrons. The van der Waals surface area contributed by atoms with Gasteiger partial charge in [0.1, 0.15) is 6.61 Å². The van der Waals surface area contributed by atoms with Crippen molar-refractivity contribution < 1.29 is 14.6 Å². The lowest BCUT2D eigenvalue weighted by Gasteiger charge is -2.29. The van der Waals surface area contributed by atoms with E-state index in [2.05, 4.69) is 4.90 Å². The molecule has 1 saturated heterocycles. The van der Waals surface area contributed by atoms with Crippen molar-refractivity contribution in [2.24, 2.45) is 0 Å². The number of hydrogen-bond donors (Lipinski definition) is 1. The van der Waals surface area contributed by atoms with E-state index in [-0.39, 0.29) is 5.78 Å². The van der Waals surface area contributed by atoms with Gasteiger partial charge in [-0.05, 0) is 18.2 Å². The molecule has 0 bridgehead atoms.